The molecule has 0 radical (unpaired) electrons. The summed E-state index contributed by atoms with van der Waals surface area (Å²) in [6, 6.07) is 0. The first kappa shape index (κ1) is 52.2. The molecule has 0 amide bonds. The molecule has 7 rings (SSSR count). The second-order valence-electron chi connectivity index (χ2n) is 20.5. The average Bonchev–Trinajstić information content (AvgIpc) is 3.38. The Hall–Kier alpha value is -1.59. The number of hydrogen-bond acceptors (Lipinski definition) is 22. The van der Waals surface area contributed by atoms with E-state index in [1.54, 1.807) is 0 Å². The fourth-order valence-corrected chi connectivity index (χ4v) is 13.4. The molecule has 7 aliphatic rings. The number of fused-ring (bicyclic) bond motifs is 3. The predicted octanol–water partition coefficient (Wildman–Crippen LogP) is -4.25. The summed E-state index contributed by atoms with van der Waals surface area (Å²) in [5, 5.41) is 147. The van der Waals surface area contributed by atoms with Crippen molar-refractivity contribution in [3.63, 3.8) is 0 Å². The molecule has 7 fully saturated rings. The fraction of sp³-hybridized carbons (Fsp3) is 0.932. The van der Waals surface area contributed by atoms with Crippen LogP contribution in [0.15, 0.2) is 12.2 Å². The number of esters is 1. The molecule has 1 spiro atoms. The molecule has 12 unspecified atom stereocenters. The molecule has 3 aliphatic heterocycles. The molecule has 4 saturated carbocycles. The Morgan fingerprint density at radius 2 is 1.32 bits per heavy atom. The van der Waals surface area contributed by atoms with E-state index in [2.05, 4.69) is 13.5 Å². The third kappa shape index (κ3) is 8.50. The van der Waals surface area contributed by atoms with Crippen molar-refractivity contribution < 1.29 is 109 Å². The Morgan fingerprint density at radius 3 is 1.97 bits per heavy atom. The topological polar surface area (TPSA) is 365 Å². The van der Waals surface area contributed by atoms with Crippen LogP contribution >= 0.6 is 0 Å². The molecule has 66 heavy (non-hydrogen) atoms. The van der Waals surface area contributed by atoms with Crippen molar-refractivity contribution in [2.24, 2.45) is 34.0 Å². The maximum absolute atomic E-state index is 14.3. The Labute approximate surface area is 382 Å². The average molecular weight is 953 g/mol. The predicted molar refractivity (Wildman–Crippen MR) is 220 cm³/mol. The molecule has 3 heterocycles. The van der Waals surface area contributed by atoms with Gasteiger partial charge >= 0.3 is 5.97 Å². The Kier molecular flexibility index (Phi) is 15.5. The van der Waals surface area contributed by atoms with Crippen LogP contribution in [-0.2, 0) is 38.0 Å². The fourth-order valence-electron chi connectivity index (χ4n) is 13.4. The van der Waals surface area contributed by atoms with Crippen LogP contribution in [0, 0.1) is 34.0 Å². The van der Waals surface area contributed by atoms with E-state index < -0.39 is 164 Å². The quantitative estimate of drug-likeness (QED) is 0.0339. The lowest BCUT2D eigenvalue weighted by Gasteiger charge is -2.66. The van der Waals surface area contributed by atoms with Crippen molar-refractivity contribution >= 4 is 5.97 Å². The van der Waals surface area contributed by atoms with Crippen LogP contribution < -0.4 is 0 Å². The lowest BCUT2D eigenvalue weighted by molar-refractivity contribution is -0.392. The summed E-state index contributed by atoms with van der Waals surface area (Å²) in [5.74, 6) is -1.13. The number of carbonyl (C=O) groups is 1. The highest BCUT2D eigenvalue weighted by molar-refractivity contribution is 5.77. The summed E-state index contributed by atoms with van der Waals surface area (Å²) < 4.78 is 42.3. The van der Waals surface area contributed by atoms with Crippen molar-refractivity contribution in [2.45, 2.75) is 201 Å². The van der Waals surface area contributed by atoms with Gasteiger partial charge in [-0.2, -0.15) is 0 Å². The van der Waals surface area contributed by atoms with Gasteiger partial charge in [0.25, 0.3) is 0 Å². The van der Waals surface area contributed by atoms with Gasteiger partial charge in [0.1, 0.15) is 85.5 Å². The van der Waals surface area contributed by atoms with Gasteiger partial charge in [0, 0.05) is 0 Å². The first-order chi connectivity index (χ1) is 31.0. The molecule has 0 aromatic heterocycles. The first-order valence-electron chi connectivity index (χ1n) is 23.1. The zero-order valence-electron chi connectivity index (χ0n) is 37.7. The van der Waals surface area contributed by atoms with Gasteiger partial charge in [-0.25, -0.2) is 0 Å². The minimum atomic E-state index is -2.38. The van der Waals surface area contributed by atoms with Crippen LogP contribution in [0.25, 0.3) is 0 Å². The molecule has 0 aromatic rings. The molecular weight excluding hydrogens is 880 g/mol. The van der Waals surface area contributed by atoms with E-state index in [0.717, 1.165) is 6.42 Å². The highest BCUT2D eigenvalue weighted by atomic mass is 16.8. The largest absolute Gasteiger partial charge is 0.432 e. The van der Waals surface area contributed by atoms with Crippen molar-refractivity contribution in [3.8, 4) is 0 Å². The lowest BCUT2D eigenvalue weighted by atomic mass is 9.39. The van der Waals surface area contributed by atoms with Gasteiger partial charge in [-0.15, -0.1) is 0 Å². The smallest absolute Gasteiger partial charge is 0.314 e. The van der Waals surface area contributed by atoms with E-state index in [-0.39, 0.29) is 17.8 Å². The van der Waals surface area contributed by atoms with Crippen LogP contribution in [0.5, 0.6) is 0 Å². The Bertz CT molecular complexity index is 1710. The van der Waals surface area contributed by atoms with Crippen molar-refractivity contribution in [1.82, 2.24) is 0 Å². The molecule has 14 N–H and O–H groups in total. The van der Waals surface area contributed by atoms with E-state index in [4.69, 9.17) is 33.2 Å². The molecule has 0 aromatic carbocycles. The number of ether oxygens (including phenoxy) is 7. The molecule has 22 heteroatoms. The summed E-state index contributed by atoms with van der Waals surface area (Å²) in [7, 11) is 0. The molecule has 380 valence electrons. The molecular formula is C44H72O22. The standard InChI is InChI=1S/C44H72O22/c1-17-13-43-11-7-23-41(4,9-6-10-42(23,5)40(59)65-38-33(57)30(54)27(51)21(15-46)61-38)24(43)8-12-44(17,19(43)3)66-39-35(64-37-32(56)29(53)25(49)18(2)60-37)34(28(52)22(16-47)62-39)63-36(58)31(55)26(50)20(48)14-45/h18-39,45-58H,1,6-16H2,2-5H3/t18?,19-,20?,21?,22?,23?,24+,25+,26-,27-,28-,29?,30?,31?,32?,33?,34?,35?,36+,37+,38+,39+,41-,42-,43-,44-/m1/s1. The highest BCUT2D eigenvalue weighted by Crippen LogP contribution is 2.75. The maximum atomic E-state index is 14.3. The number of aliphatic hydroxyl groups excluding tert-OH is 14. The summed E-state index contributed by atoms with van der Waals surface area (Å²) in [6.07, 6.45) is -28.7. The normalized spacial score (nSPS) is 51.3. The van der Waals surface area contributed by atoms with Crippen molar-refractivity contribution in [3.05, 3.63) is 12.2 Å². The van der Waals surface area contributed by atoms with Gasteiger partial charge in [-0.3, -0.25) is 4.79 Å². The minimum Gasteiger partial charge on any atom is -0.432 e. The third-order valence-electron chi connectivity index (χ3n) is 17.2. The third-order valence-corrected chi connectivity index (χ3v) is 17.2. The van der Waals surface area contributed by atoms with E-state index in [1.807, 2.05) is 13.8 Å². The summed E-state index contributed by atoms with van der Waals surface area (Å²) in [4.78, 5) is 14.3. The SMILES string of the molecule is C=C1C[C@@]23CCC4[C@](C)(C(=O)O[C@@H]5OC(CO)[C@@H](O)C(O)C5O)CCC[C@@]4(C)[C@@H]2CC[C@]1(O[C@@H]1OC(CO)[C@@H](O)C(O[C@H](O)C(O)[C@H](O)C(O)CO)C1O[C@@H]1OC(C)[C@H](O)C(O)C1O)[C@@H]3C. The van der Waals surface area contributed by atoms with Crippen LogP contribution in [0.4, 0.5) is 0 Å². The second kappa shape index (κ2) is 19.5. The van der Waals surface area contributed by atoms with Gasteiger partial charge < -0.3 is 105 Å². The number of aliphatic hydroxyl groups is 14. The summed E-state index contributed by atoms with van der Waals surface area (Å²) in [6.45, 7) is 9.51. The molecule has 3 saturated heterocycles. The van der Waals surface area contributed by atoms with Gasteiger partial charge in [0.05, 0.1) is 36.9 Å². The summed E-state index contributed by atoms with van der Waals surface area (Å²) in [5.41, 5.74) is -2.41. The maximum Gasteiger partial charge on any atom is 0.314 e. The highest BCUT2D eigenvalue weighted by Gasteiger charge is 2.72. The van der Waals surface area contributed by atoms with Gasteiger partial charge in [-0.1, -0.05) is 26.8 Å². The first-order valence-corrected chi connectivity index (χ1v) is 23.1. The second-order valence-corrected chi connectivity index (χ2v) is 20.5. The van der Waals surface area contributed by atoms with E-state index >= 15 is 0 Å². The van der Waals surface area contributed by atoms with Gasteiger partial charge in [-0.05, 0) is 93.0 Å². The number of rotatable bonds is 14. The van der Waals surface area contributed by atoms with Crippen molar-refractivity contribution in [2.75, 3.05) is 19.8 Å². The minimum absolute atomic E-state index is 0.00865. The molecule has 2 bridgehead atoms. The molecule has 4 aliphatic carbocycles. The van der Waals surface area contributed by atoms with Gasteiger partial charge in [0.2, 0.25) is 6.29 Å². The number of hydrogen-bond donors (Lipinski definition) is 14. The van der Waals surface area contributed by atoms with Crippen LogP contribution in [0.2, 0.25) is 0 Å². The molecule has 22 nitrogen and oxygen atoms in total. The van der Waals surface area contributed by atoms with E-state index in [9.17, 15) is 76.3 Å². The zero-order valence-corrected chi connectivity index (χ0v) is 37.7. The zero-order chi connectivity index (χ0) is 48.6. The summed E-state index contributed by atoms with van der Waals surface area (Å²) >= 11 is 0. The van der Waals surface area contributed by atoms with Crippen LogP contribution in [0.3, 0.4) is 0 Å². The Balaban J connectivity index is 1.17. The van der Waals surface area contributed by atoms with Crippen LogP contribution in [-0.4, -0.2) is 220 Å². The monoisotopic (exact) mass is 952 g/mol. The van der Waals surface area contributed by atoms with E-state index in [0.29, 0.717) is 50.5 Å². The van der Waals surface area contributed by atoms with Crippen LogP contribution in [0.1, 0.15) is 79.1 Å². The molecule has 26 atom stereocenters. The Morgan fingerprint density at radius 1 is 0.712 bits per heavy atom. The van der Waals surface area contributed by atoms with Crippen molar-refractivity contribution in [1.29, 1.82) is 0 Å². The van der Waals surface area contributed by atoms with E-state index in [1.165, 1.54) is 6.92 Å². The number of carbonyl (C=O) groups excluding carboxylic acids is 1. The van der Waals surface area contributed by atoms with Gasteiger partial charge in [0.15, 0.2) is 18.9 Å². The lowest BCUT2D eigenvalue weighted by Crippen LogP contribution is -2.67.